The number of fused-ring (bicyclic) bond motifs is 1. The van der Waals surface area contributed by atoms with Gasteiger partial charge in [0.15, 0.2) is 0 Å². The van der Waals surface area contributed by atoms with E-state index in [9.17, 15) is 9.59 Å². The highest BCUT2D eigenvalue weighted by Crippen LogP contribution is 2.40. The van der Waals surface area contributed by atoms with Gasteiger partial charge in [0.05, 0.1) is 27.1 Å². The number of hydrogen-bond donors (Lipinski definition) is 2. The minimum absolute atomic E-state index is 0.0566. The summed E-state index contributed by atoms with van der Waals surface area (Å²) in [7, 11) is 0. The molecule has 2 amide bonds. The van der Waals surface area contributed by atoms with Gasteiger partial charge in [-0.05, 0) is 49.4 Å². The number of likely N-dealkylation sites (tertiary alicyclic amines) is 1. The molecule has 4 heterocycles. The van der Waals surface area contributed by atoms with Crippen LogP contribution in [0.3, 0.4) is 0 Å². The fraction of sp³-hybridized carbons (Fsp3) is 0.522. The number of hydrogen-bond acceptors (Lipinski definition) is 5. The summed E-state index contributed by atoms with van der Waals surface area (Å²) >= 11 is 2.21. The lowest BCUT2D eigenvalue weighted by Gasteiger charge is -2.53. The Morgan fingerprint density at radius 1 is 1.38 bits per heavy atom. The second kappa shape index (κ2) is 8.24. The van der Waals surface area contributed by atoms with E-state index in [0.717, 1.165) is 26.9 Å². The number of nitrogens with zero attached hydrogens (tertiary/aromatic N) is 2. The molecule has 0 spiro atoms. The van der Waals surface area contributed by atoms with Gasteiger partial charge in [-0.2, -0.15) is 0 Å². The molecule has 0 saturated carbocycles. The molecule has 9 heteroatoms. The van der Waals surface area contributed by atoms with Gasteiger partial charge < -0.3 is 24.7 Å². The molecule has 2 aromatic heterocycles. The van der Waals surface area contributed by atoms with Crippen LogP contribution in [-0.4, -0.2) is 58.2 Å². The lowest BCUT2D eigenvalue weighted by molar-refractivity contribution is -0.0779. The number of pyridine rings is 1. The van der Waals surface area contributed by atoms with E-state index in [-0.39, 0.29) is 23.5 Å². The maximum atomic E-state index is 12.6. The van der Waals surface area contributed by atoms with Crippen molar-refractivity contribution < 1.29 is 19.1 Å². The molecule has 8 nitrogen and oxygen atoms in total. The topological polar surface area (TPSA) is 96.5 Å². The molecule has 1 fully saturated rings. The molecule has 4 rings (SSSR count). The largest absolute Gasteiger partial charge is 0.489 e. The van der Waals surface area contributed by atoms with Crippen LogP contribution in [0.1, 0.15) is 50.7 Å². The molecular formula is C23H29IN4O4. The van der Waals surface area contributed by atoms with E-state index in [1.54, 1.807) is 17.3 Å². The van der Waals surface area contributed by atoms with Crippen molar-refractivity contribution in [2.75, 3.05) is 19.7 Å². The summed E-state index contributed by atoms with van der Waals surface area (Å²) in [6.07, 6.45) is 3.82. The quantitative estimate of drug-likeness (QED) is 0.560. The predicted octanol–water partition coefficient (Wildman–Crippen LogP) is 3.99. The van der Waals surface area contributed by atoms with Gasteiger partial charge in [-0.3, -0.25) is 9.78 Å². The highest BCUT2D eigenvalue weighted by Gasteiger charge is 2.50. The first kappa shape index (κ1) is 22.9. The summed E-state index contributed by atoms with van der Waals surface area (Å²) < 4.78 is 12.6. The van der Waals surface area contributed by atoms with E-state index in [2.05, 4.69) is 51.7 Å². The molecule has 32 heavy (non-hydrogen) atoms. The maximum Gasteiger partial charge on any atom is 0.410 e. The molecule has 172 valence electrons. The van der Waals surface area contributed by atoms with Crippen LogP contribution >= 0.6 is 22.6 Å². The summed E-state index contributed by atoms with van der Waals surface area (Å²) in [5.74, 6) is 0.551. The van der Waals surface area contributed by atoms with Gasteiger partial charge in [-0.15, -0.1) is 0 Å². The van der Waals surface area contributed by atoms with E-state index in [4.69, 9.17) is 9.47 Å². The minimum Gasteiger partial charge on any atom is -0.489 e. The van der Waals surface area contributed by atoms with Crippen LogP contribution in [-0.2, 0) is 11.2 Å². The molecule has 0 aromatic carbocycles. The third-order valence-corrected chi connectivity index (χ3v) is 6.92. The number of nitrogens with one attached hydrogen (secondary N) is 2. The second-order valence-electron chi connectivity index (χ2n) is 9.97. The van der Waals surface area contributed by atoms with Gasteiger partial charge in [0.2, 0.25) is 0 Å². The Hall–Kier alpha value is -2.30. The van der Waals surface area contributed by atoms with E-state index in [0.29, 0.717) is 31.0 Å². The second-order valence-corrected chi connectivity index (χ2v) is 11.0. The van der Waals surface area contributed by atoms with Crippen LogP contribution < -0.4 is 10.1 Å². The van der Waals surface area contributed by atoms with Crippen molar-refractivity contribution in [3.05, 3.63) is 33.3 Å². The standard InChI is InChI=1S/C23H29IN4O4/c1-22(2,3)32-21(30)28-12-23(4,5)16(28)11-31-15-10-25-8-6-13(15)19-18(24)17-14(27-19)7-9-26-20(17)29/h6,8,10,16,27H,7,9,11-12H2,1-5H3,(H,26,29). The Morgan fingerprint density at radius 2 is 2.12 bits per heavy atom. The molecule has 2 aliphatic heterocycles. The highest BCUT2D eigenvalue weighted by molar-refractivity contribution is 14.1. The highest BCUT2D eigenvalue weighted by atomic mass is 127. The number of aromatic amines is 1. The SMILES string of the molecule is CC(C)(C)OC(=O)N1CC(C)(C)C1COc1cnccc1-c1[nH]c2c(c1I)C(=O)NCC2. The first-order chi connectivity index (χ1) is 15.0. The van der Waals surface area contributed by atoms with E-state index >= 15 is 0 Å². The van der Waals surface area contributed by atoms with Crippen LogP contribution in [0.15, 0.2) is 18.5 Å². The summed E-state index contributed by atoms with van der Waals surface area (Å²) in [4.78, 5) is 34.3. The number of carbonyl (C=O) groups excluding carboxylic acids is 2. The van der Waals surface area contributed by atoms with E-state index in [1.165, 1.54) is 0 Å². The number of ether oxygens (including phenoxy) is 2. The van der Waals surface area contributed by atoms with Crippen LogP contribution in [0.2, 0.25) is 0 Å². The summed E-state index contributed by atoms with van der Waals surface area (Å²) in [6.45, 7) is 11.4. The molecular weight excluding hydrogens is 523 g/mol. The minimum atomic E-state index is -0.547. The zero-order valence-corrected chi connectivity index (χ0v) is 21.2. The molecule has 0 bridgehead atoms. The number of H-pyrrole nitrogens is 1. The van der Waals surface area contributed by atoms with Crippen molar-refractivity contribution in [1.29, 1.82) is 0 Å². The third-order valence-electron chi connectivity index (χ3n) is 5.84. The Balaban J connectivity index is 1.56. The molecule has 0 aliphatic carbocycles. The number of carbonyl (C=O) groups is 2. The molecule has 1 atom stereocenters. The van der Waals surface area contributed by atoms with E-state index in [1.807, 2.05) is 26.8 Å². The van der Waals surface area contributed by atoms with Crippen molar-refractivity contribution in [2.45, 2.75) is 52.7 Å². The molecule has 2 aromatic rings. The van der Waals surface area contributed by atoms with Crippen molar-refractivity contribution in [3.8, 4) is 17.0 Å². The Kier molecular flexibility index (Phi) is 5.89. The van der Waals surface area contributed by atoms with E-state index < -0.39 is 5.60 Å². The fourth-order valence-corrected chi connectivity index (χ4v) is 5.18. The van der Waals surface area contributed by atoms with Gasteiger partial charge in [0, 0.05) is 42.4 Å². The predicted molar refractivity (Wildman–Crippen MR) is 129 cm³/mol. The summed E-state index contributed by atoms with van der Waals surface area (Å²) in [6, 6.07) is 1.76. The Labute approximate surface area is 201 Å². The summed E-state index contributed by atoms with van der Waals surface area (Å²) in [5, 5.41) is 2.90. The number of halogens is 1. The average Bonchev–Trinajstić information content (AvgIpc) is 3.03. The molecule has 0 radical (unpaired) electrons. The van der Waals surface area contributed by atoms with Gasteiger partial charge in [0.25, 0.3) is 5.91 Å². The van der Waals surface area contributed by atoms with Crippen LogP contribution in [0.5, 0.6) is 5.75 Å². The first-order valence-corrected chi connectivity index (χ1v) is 11.8. The Morgan fingerprint density at radius 3 is 2.78 bits per heavy atom. The molecule has 2 aliphatic rings. The van der Waals surface area contributed by atoms with Crippen molar-refractivity contribution >= 4 is 34.6 Å². The number of rotatable bonds is 4. The van der Waals surface area contributed by atoms with Crippen molar-refractivity contribution in [1.82, 2.24) is 20.2 Å². The lowest BCUT2D eigenvalue weighted by atomic mass is 9.75. The monoisotopic (exact) mass is 552 g/mol. The van der Waals surface area contributed by atoms with Gasteiger partial charge in [0.1, 0.15) is 18.0 Å². The van der Waals surface area contributed by atoms with Gasteiger partial charge >= 0.3 is 6.09 Å². The average molecular weight is 552 g/mol. The summed E-state index contributed by atoms with van der Waals surface area (Å²) in [5.41, 5.74) is 2.69. The van der Waals surface area contributed by atoms with Crippen molar-refractivity contribution in [3.63, 3.8) is 0 Å². The first-order valence-electron chi connectivity index (χ1n) is 10.7. The fourth-order valence-electron chi connectivity index (χ4n) is 4.19. The zero-order valence-electron chi connectivity index (χ0n) is 19.0. The smallest absolute Gasteiger partial charge is 0.410 e. The number of aromatic nitrogens is 2. The normalized spacial score (nSPS) is 19.6. The van der Waals surface area contributed by atoms with Crippen LogP contribution in [0, 0.1) is 8.99 Å². The van der Waals surface area contributed by atoms with Gasteiger partial charge in [-0.1, -0.05) is 13.8 Å². The molecule has 2 N–H and O–H groups in total. The third kappa shape index (κ3) is 4.31. The lowest BCUT2D eigenvalue weighted by Crippen LogP contribution is -2.66. The zero-order chi connectivity index (χ0) is 23.3. The number of amides is 2. The molecule has 1 saturated heterocycles. The Bertz CT molecular complexity index is 1060. The molecule has 1 unspecified atom stereocenters. The maximum absolute atomic E-state index is 12.6. The van der Waals surface area contributed by atoms with Crippen LogP contribution in [0.25, 0.3) is 11.3 Å². The van der Waals surface area contributed by atoms with Gasteiger partial charge in [-0.25, -0.2) is 4.79 Å². The van der Waals surface area contributed by atoms with Crippen molar-refractivity contribution in [2.24, 2.45) is 5.41 Å². The van der Waals surface area contributed by atoms with Crippen LogP contribution in [0.4, 0.5) is 4.79 Å².